The van der Waals surface area contributed by atoms with Crippen molar-refractivity contribution in [3.05, 3.63) is 121 Å². The van der Waals surface area contributed by atoms with Crippen LogP contribution in [0.4, 0.5) is 0 Å². The van der Waals surface area contributed by atoms with Crippen LogP contribution in [0.3, 0.4) is 0 Å². The fourth-order valence-electron chi connectivity index (χ4n) is 3.15. The quantitative estimate of drug-likeness (QED) is 0.177. The lowest BCUT2D eigenvalue weighted by molar-refractivity contribution is 0.166. The van der Waals surface area contributed by atoms with Gasteiger partial charge in [0.05, 0.1) is 13.2 Å². The molecule has 166 valence electrons. The van der Waals surface area contributed by atoms with Gasteiger partial charge in [-0.1, -0.05) is 42.5 Å². The van der Waals surface area contributed by atoms with Crippen molar-refractivity contribution < 1.29 is 18.9 Å². The summed E-state index contributed by atoms with van der Waals surface area (Å²) in [7, 11) is 0. The van der Waals surface area contributed by atoms with E-state index in [1.165, 1.54) is 5.56 Å². The lowest BCUT2D eigenvalue weighted by Crippen LogP contribution is -1.98. The molecule has 0 aromatic heterocycles. The zero-order chi connectivity index (χ0) is 22.7. The van der Waals surface area contributed by atoms with Crippen molar-refractivity contribution in [3.63, 3.8) is 0 Å². The van der Waals surface area contributed by atoms with Gasteiger partial charge < -0.3 is 18.9 Å². The van der Waals surface area contributed by atoms with Crippen molar-refractivity contribution in [1.82, 2.24) is 0 Å². The summed E-state index contributed by atoms with van der Waals surface area (Å²) in [6.07, 6.45) is 2.61. The van der Waals surface area contributed by atoms with Crippen molar-refractivity contribution in [2.24, 2.45) is 0 Å². The first-order valence-corrected chi connectivity index (χ1v) is 10.8. The second-order valence-corrected chi connectivity index (χ2v) is 7.32. The summed E-state index contributed by atoms with van der Waals surface area (Å²) in [5.41, 5.74) is 1.20. The summed E-state index contributed by atoms with van der Waals surface area (Å²) in [5.74, 6) is 4.44. The maximum atomic E-state index is 6.00. The van der Waals surface area contributed by atoms with Crippen LogP contribution in [-0.4, -0.2) is 13.2 Å². The van der Waals surface area contributed by atoms with Crippen LogP contribution in [-0.2, 0) is 11.2 Å². The SMILES string of the molecule is C=CCOCCc1ccc(Oc2cccc(Oc3ccc(Oc4ccccc4)cc3)c2)cc1. The molecular weight excluding hydrogens is 412 g/mol. The summed E-state index contributed by atoms with van der Waals surface area (Å²) in [6.45, 7) is 4.89. The maximum Gasteiger partial charge on any atom is 0.131 e. The highest BCUT2D eigenvalue weighted by Gasteiger charge is 2.04. The van der Waals surface area contributed by atoms with E-state index in [4.69, 9.17) is 18.9 Å². The third-order valence-corrected chi connectivity index (χ3v) is 4.77. The van der Waals surface area contributed by atoms with Gasteiger partial charge in [0, 0.05) is 6.07 Å². The third-order valence-electron chi connectivity index (χ3n) is 4.77. The predicted octanol–water partition coefficient (Wildman–Crippen LogP) is 7.81. The minimum absolute atomic E-state index is 0.575. The molecule has 0 radical (unpaired) electrons. The molecule has 0 bridgehead atoms. The Morgan fingerprint density at radius 3 is 1.61 bits per heavy atom. The van der Waals surface area contributed by atoms with Crippen LogP contribution in [0.15, 0.2) is 116 Å². The second kappa shape index (κ2) is 11.6. The largest absolute Gasteiger partial charge is 0.457 e. The minimum Gasteiger partial charge on any atom is -0.457 e. The summed E-state index contributed by atoms with van der Waals surface area (Å²) < 4.78 is 23.2. The van der Waals surface area contributed by atoms with Crippen molar-refractivity contribution in [3.8, 4) is 34.5 Å². The lowest BCUT2D eigenvalue weighted by Gasteiger charge is -2.10. The van der Waals surface area contributed by atoms with Gasteiger partial charge in [-0.05, 0) is 72.6 Å². The topological polar surface area (TPSA) is 36.9 Å². The molecule has 0 atom stereocenters. The molecule has 0 spiro atoms. The van der Waals surface area contributed by atoms with Crippen molar-refractivity contribution >= 4 is 0 Å². The number of ether oxygens (including phenoxy) is 4. The van der Waals surface area contributed by atoms with Crippen molar-refractivity contribution in [2.75, 3.05) is 13.2 Å². The van der Waals surface area contributed by atoms with Gasteiger partial charge in [0.2, 0.25) is 0 Å². The van der Waals surface area contributed by atoms with Crippen LogP contribution in [0.25, 0.3) is 0 Å². The Kier molecular flexibility index (Phi) is 7.77. The Hall–Kier alpha value is -4.02. The van der Waals surface area contributed by atoms with Crippen LogP contribution in [0.1, 0.15) is 5.56 Å². The molecule has 0 saturated carbocycles. The highest BCUT2D eigenvalue weighted by atomic mass is 16.5. The van der Waals surface area contributed by atoms with E-state index in [-0.39, 0.29) is 0 Å². The summed E-state index contributed by atoms with van der Waals surface area (Å²) >= 11 is 0. The average molecular weight is 439 g/mol. The van der Waals surface area contributed by atoms with Gasteiger partial charge in [0.25, 0.3) is 0 Å². The van der Waals surface area contributed by atoms with Gasteiger partial charge in [0.15, 0.2) is 0 Å². The molecule has 4 heteroatoms. The molecular formula is C29H26O4. The van der Waals surface area contributed by atoms with E-state index in [2.05, 4.69) is 6.58 Å². The van der Waals surface area contributed by atoms with Crippen LogP contribution in [0, 0.1) is 0 Å². The highest BCUT2D eigenvalue weighted by Crippen LogP contribution is 2.30. The minimum atomic E-state index is 0.575. The van der Waals surface area contributed by atoms with Crippen LogP contribution in [0.2, 0.25) is 0 Å². The first-order chi connectivity index (χ1) is 16.3. The van der Waals surface area contributed by atoms with E-state index in [0.29, 0.717) is 24.7 Å². The van der Waals surface area contributed by atoms with Crippen LogP contribution >= 0.6 is 0 Å². The number of benzene rings is 4. The Labute approximate surface area is 194 Å². The summed E-state index contributed by atoms with van der Waals surface area (Å²) in [5, 5.41) is 0. The molecule has 0 fully saturated rings. The van der Waals surface area contributed by atoms with Crippen LogP contribution < -0.4 is 14.2 Å². The van der Waals surface area contributed by atoms with Gasteiger partial charge in [-0.25, -0.2) is 0 Å². The van der Waals surface area contributed by atoms with E-state index >= 15 is 0 Å². The second-order valence-electron chi connectivity index (χ2n) is 7.32. The standard InChI is InChI=1S/C29H26O4/c1-2-20-30-21-19-23-11-13-25(14-12-23)32-28-9-6-10-29(22-28)33-27-17-15-26(16-18-27)31-24-7-4-3-5-8-24/h2-18,22H,1,19-21H2. The Morgan fingerprint density at radius 1 is 0.545 bits per heavy atom. The maximum absolute atomic E-state index is 6.00. The first kappa shape index (κ1) is 22.2. The molecule has 4 rings (SSSR count). The van der Waals surface area contributed by atoms with Gasteiger partial charge in [-0.15, -0.1) is 6.58 Å². The molecule has 0 amide bonds. The molecule has 0 aliphatic carbocycles. The average Bonchev–Trinajstić information content (AvgIpc) is 2.85. The van der Waals surface area contributed by atoms with Gasteiger partial charge in [-0.3, -0.25) is 0 Å². The molecule has 0 aliphatic heterocycles. The van der Waals surface area contributed by atoms with Crippen molar-refractivity contribution in [1.29, 1.82) is 0 Å². The molecule has 0 saturated heterocycles. The lowest BCUT2D eigenvalue weighted by atomic mass is 10.1. The van der Waals surface area contributed by atoms with Gasteiger partial charge >= 0.3 is 0 Å². The molecule has 0 unspecified atom stereocenters. The molecule has 4 aromatic rings. The number of para-hydroxylation sites is 1. The third kappa shape index (κ3) is 6.99. The monoisotopic (exact) mass is 438 g/mol. The predicted molar refractivity (Wildman–Crippen MR) is 131 cm³/mol. The molecule has 4 nitrogen and oxygen atoms in total. The number of hydrogen-bond acceptors (Lipinski definition) is 4. The molecule has 4 aromatic carbocycles. The normalized spacial score (nSPS) is 10.4. The fourth-order valence-corrected chi connectivity index (χ4v) is 3.15. The molecule has 0 N–H and O–H groups in total. The summed E-state index contributed by atoms with van der Waals surface area (Å²) in [6, 6.07) is 32.8. The van der Waals surface area contributed by atoms with Crippen LogP contribution in [0.5, 0.6) is 34.5 Å². The van der Waals surface area contributed by atoms with E-state index in [0.717, 1.165) is 29.4 Å². The molecule has 33 heavy (non-hydrogen) atoms. The number of hydrogen-bond donors (Lipinski definition) is 0. The van der Waals surface area contributed by atoms with E-state index in [9.17, 15) is 0 Å². The van der Waals surface area contributed by atoms with Gasteiger partial charge in [-0.2, -0.15) is 0 Å². The van der Waals surface area contributed by atoms with Crippen molar-refractivity contribution in [2.45, 2.75) is 6.42 Å². The Bertz CT molecular complexity index is 1140. The van der Waals surface area contributed by atoms with E-state index in [1.807, 2.05) is 103 Å². The van der Waals surface area contributed by atoms with E-state index in [1.54, 1.807) is 6.08 Å². The van der Waals surface area contributed by atoms with Gasteiger partial charge in [0.1, 0.15) is 34.5 Å². The molecule has 0 aliphatic rings. The smallest absolute Gasteiger partial charge is 0.131 e. The zero-order valence-electron chi connectivity index (χ0n) is 18.4. The Morgan fingerprint density at radius 2 is 1.03 bits per heavy atom. The first-order valence-electron chi connectivity index (χ1n) is 10.8. The highest BCUT2D eigenvalue weighted by molar-refractivity contribution is 5.41. The number of rotatable bonds is 11. The zero-order valence-corrected chi connectivity index (χ0v) is 18.4. The van der Waals surface area contributed by atoms with E-state index < -0.39 is 0 Å². The fraction of sp³-hybridized carbons (Fsp3) is 0.103. The molecule has 0 heterocycles. The Balaban J connectivity index is 1.32. The summed E-state index contributed by atoms with van der Waals surface area (Å²) in [4.78, 5) is 0.